The fraction of sp³-hybridized carbons (Fsp3) is 0.278. The lowest BCUT2D eigenvalue weighted by atomic mass is 10.2. The number of amides is 1. The molecule has 1 aliphatic heterocycles. The molecule has 0 bridgehead atoms. The Morgan fingerprint density at radius 3 is 2.15 bits per heavy atom. The number of nitrogens with one attached hydrogen (secondary N) is 1. The van der Waals surface area contributed by atoms with E-state index < -0.39 is 0 Å². The average Bonchev–Trinajstić information content (AvgIpc) is 2.64. The summed E-state index contributed by atoms with van der Waals surface area (Å²) in [4.78, 5) is 16.7. The maximum absolute atomic E-state index is 12.4. The molecule has 1 saturated heterocycles. The highest BCUT2D eigenvalue weighted by molar-refractivity contribution is 6.50. The van der Waals surface area contributed by atoms with Gasteiger partial charge in [0.1, 0.15) is 0 Å². The van der Waals surface area contributed by atoms with Gasteiger partial charge in [-0.2, -0.15) is 0 Å². The van der Waals surface area contributed by atoms with Gasteiger partial charge in [0.25, 0.3) is 0 Å². The molecule has 0 spiro atoms. The summed E-state index contributed by atoms with van der Waals surface area (Å²) in [7, 11) is 0. The summed E-state index contributed by atoms with van der Waals surface area (Å²) < 4.78 is 0. The largest absolute Gasteiger partial charge is 0.369 e. The Labute approximate surface area is 182 Å². The van der Waals surface area contributed by atoms with Crippen LogP contribution in [0.4, 0.5) is 11.4 Å². The summed E-state index contributed by atoms with van der Waals surface area (Å²) in [5.41, 5.74) is 1.32. The molecule has 0 radical (unpaired) electrons. The van der Waals surface area contributed by atoms with Crippen LogP contribution >= 0.6 is 58.0 Å². The fourth-order valence-electron chi connectivity index (χ4n) is 2.90. The van der Waals surface area contributed by atoms with Gasteiger partial charge in [-0.1, -0.05) is 64.1 Å². The summed E-state index contributed by atoms with van der Waals surface area (Å²) in [5.74, 6) is -0.228. The second kappa shape index (κ2) is 9.08. The van der Waals surface area contributed by atoms with Crippen molar-refractivity contribution < 1.29 is 4.79 Å². The number of anilines is 2. The first-order chi connectivity index (χ1) is 12.8. The number of nitrogens with zero attached hydrogens (tertiary/aromatic N) is 2. The Hall–Kier alpha value is -0.880. The number of halogens is 5. The van der Waals surface area contributed by atoms with E-state index in [4.69, 9.17) is 58.0 Å². The number of benzene rings is 2. The van der Waals surface area contributed by atoms with E-state index in [1.807, 2.05) is 24.3 Å². The van der Waals surface area contributed by atoms with Crippen molar-refractivity contribution in [3.8, 4) is 0 Å². The maximum atomic E-state index is 12.4. The first-order valence-corrected chi connectivity index (χ1v) is 10.1. The first kappa shape index (κ1) is 20.8. The zero-order valence-electron chi connectivity index (χ0n) is 14.1. The first-order valence-electron chi connectivity index (χ1n) is 8.21. The molecular formula is C18H16Cl5N3O. The second-order valence-electron chi connectivity index (χ2n) is 6.13. The molecule has 9 heteroatoms. The minimum Gasteiger partial charge on any atom is -0.369 e. The number of rotatable bonds is 4. The SMILES string of the molecule is O=C(CN1CCN(c2cccc(Cl)c2)CC1)Nc1c(Cl)c(Cl)cc(Cl)c1Cl. The van der Waals surface area contributed by atoms with E-state index in [0.29, 0.717) is 5.02 Å². The van der Waals surface area contributed by atoms with Gasteiger partial charge >= 0.3 is 0 Å². The van der Waals surface area contributed by atoms with Crippen LogP contribution in [0.3, 0.4) is 0 Å². The topological polar surface area (TPSA) is 35.6 Å². The number of carbonyl (C=O) groups is 1. The lowest BCUT2D eigenvalue weighted by Gasteiger charge is -2.35. The zero-order chi connectivity index (χ0) is 19.6. The van der Waals surface area contributed by atoms with Gasteiger partial charge in [0.2, 0.25) is 5.91 Å². The predicted octanol–water partition coefficient (Wildman–Crippen LogP) is 5.71. The smallest absolute Gasteiger partial charge is 0.238 e. The highest BCUT2D eigenvalue weighted by atomic mass is 35.5. The molecule has 3 rings (SSSR count). The summed E-state index contributed by atoms with van der Waals surface area (Å²) in [5, 5.41) is 4.23. The van der Waals surface area contributed by atoms with Crippen LogP contribution in [-0.2, 0) is 4.79 Å². The molecule has 0 aromatic heterocycles. The molecule has 4 nitrogen and oxygen atoms in total. The van der Waals surface area contributed by atoms with Crippen molar-refractivity contribution in [3.63, 3.8) is 0 Å². The van der Waals surface area contributed by atoms with Gasteiger partial charge in [-0.15, -0.1) is 0 Å². The third-order valence-electron chi connectivity index (χ3n) is 4.29. The van der Waals surface area contributed by atoms with E-state index in [9.17, 15) is 4.79 Å². The molecule has 1 amide bonds. The molecule has 0 unspecified atom stereocenters. The molecule has 1 fully saturated rings. The molecule has 144 valence electrons. The van der Waals surface area contributed by atoms with Crippen molar-refractivity contribution in [2.45, 2.75) is 0 Å². The number of carbonyl (C=O) groups excluding carboxylic acids is 1. The number of hydrogen-bond acceptors (Lipinski definition) is 3. The van der Waals surface area contributed by atoms with E-state index in [2.05, 4.69) is 15.1 Å². The van der Waals surface area contributed by atoms with Crippen molar-refractivity contribution >= 4 is 75.3 Å². The molecule has 2 aromatic carbocycles. The predicted molar refractivity (Wildman–Crippen MR) is 115 cm³/mol. The summed E-state index contributed by atoms with van der Waals surface area (Å²) >= 11 is 30.3. The van der Waals surface area contributed by atoms with Crippen LogP contribution in [0.2, 0.25) is 25.1 Å². The van der Waals surface area contributed by atoms with Gasteiger partial charge in [-0.05, 0) is 24.3 Å². The van der Waals surface area contributed by atoms with Gasteiger partial charge in [0.05, 0.1) is 32.3 Å². The molecule has 1 aliphatic rings. The van der Waals surface area contributed by atoms with Crippen LogP contribution in [-0.4, -0.2) is 43.5 Å². The minimum absolute atomic E-state index is 0.171. The van der Waals surface area contributed by atoms with E-state index >= 15 is 0 Å². The Kier molecular flexibility index (Phi) is 7.01. The quantitative estimate of drug-likeness (QED) is 0.585. The van der Waals surface area contributed by atoms with Crippen molar-refractivity contribution in [3.05, 3.63) is 55.4 Å². The van der Waals surface area contributed by atoms with Gasteiger partial charge in [0, 0.05) is 36.9 Å². The minimum atomic E-state index is -0.228. The van der Waals surface area contributed by atoms with Gasteiger partial charge in [-0.25, -0.2) is 0 Å². The summed E-state index contributed by atoms with van der Waals surface area (Å²) in [6, 6.07) is 9.20. The molecular weight excluding hydrogens is 451 g/mol. The van der Waals surface area contributed by atoms with Gasteiger partial charge < -0.3 is 10.2 Å². The molecule has 0 atom stereocenters. The molecule has 2 aromatic rings. The van der Waals surface area contributed by atoms with Crippen LogP contribution in [0.1, 0.15) is 0 Å². The summed E-state index contributed by atoms with van der Waals surface area (Å²) in [6.45, 7) is 3.33. The van der Waals surface area contributed by atoms with Crippen LogP contribution in [0.5, 0.6) is 0 Å². The number of piperazine rings is 1. The Morgan fingerprint density at radius 1 is 0.926 bits per heavy atom. The van der Waals surface area contributed by atoms with Crippen molar-refractivity contribution in [2.75, 3.05) is 42.9 Å². The van der Waals surface area contributed by atoms with E-state index in [-0.39, 0.29) is 38.2 Å². The van der Waals surface area contributed by atoms with Crippen LogP contribution in [0, 0.1) is 0 Å². The van der Waals surface area contributed by atoms with E-state index in [1.165, 1.54) is 6.07 Å². The zero-order valence-corrected chi connectivity index (χ0v) is 17.9. The van der Waals surface area contributed by atoms with E-state index in [0.717, 1.165) is 31.9 Å². The third kappa shape index (κ3) is 5.14. The Balaban J connectivity index is 1.58. The van der Waals surface area contributed by atoms with Crippen molar-refractivity contribution in [1.29, 1.82) is 0 Å². The third-order valence-corrected chi connectivity index (χ3v) is 6.10. The second-order valence-corrected chi connectivity index (χ2v) is 8.14. The molecule has 1 N–H and O–H groups in total. The van der Waals surface area contributed by atoms with Gasteiger partial charge in [-0.3, -0.25) is 9.69 Å². The Morgan fingerprint density at radius 2 is 1.56 bits per heavy atom. The normalized spacial score (nSPS) is 15.1. The lowest BCUT2D eigenvalue weighted by molar-refractivity contribution is -0.117. The molecule has 0 aliphatic carbocycles. The van der Waals surface area contributed by atoms with Gasteiger partial charge in [0.15, 0.2) is 0 Å². The number of hydrogen-bond donors (Lipinski definition) is 1. The van der Waals surface area contributed by atoms with Crippen LogP contribution in [0.15, 0.2) is 30.3 Å². The lowest BCUT2D eigenvalue weighted by Crippen LogP contribution is -2.48. The average molecular weight is 468 g/mol. The maximum Gasteiger partial charge on any atom is 0.238 e. The van der Waals surface area contributed by atoms with E-state index in [1.54, 1.807) is 0 Å². The summed E-state index contributed by atoms with van der Waals surface area (Å²) in [6.07, 6.45) is 0. The van der Waals surface area contributed by atoms with Crippen molar-refractivity contribution in [1.82, 2.24) is 4.90 Å². The molecule has 27 heavy (non-hydrogen) atoms. The van der Waals surface area contributed by atoms with Crippen LogP contribution < -0.4 is 10.2 Å². The Bertz CT molecular complexity index is 827. The monoisotopic (exact) mass is 465 g/mol. The molecule has 1 heterocycles. The molecule has 0 saturated carbocycles. The highest BCUT2D eigenvalue weighted by Gasteiger charge is 2.21. The van der Waals surface area contributed by atoms with Crippen molar-refractivity contribution in [2.24, 2.45) is 0 Å². The fourth-order valence-corrected chi connectivity index (χ4v) is 3.99. The standard InChI is InChI=1S/C18H16Cl5N3O/c19-11-2-1-3-12(8-11)26-6-4-25(5-7-26)10-15(27)24-18-16(22)13(20)9-14(21)17(18)23/h1-3,8-9H,4-7,10H2,(H,24,27). The van der Waals surface area contributed by atoms with Crippen LogP contribution in [0.25, 0.3) is 0 Å². The highest BCUT2D eigenvalue weighted by Crippen LogP contribution is 2.41.